The van der Waals surface area contributed by atoms with Gasteiger partial charge in [0.05, 0.1) is 18.9 Å². The lowest BCUT2D eigenvalue weighted by atomic mass is 9.95. The summed E-state index contributed by atoms with van der Waals surface area (Å²) in [5.41, 5.74) is 0.827. The summed E-state index contributed by atoms with van der Waals surface area (Å²) in [6, 6.07) is 6.61. The third-order valence-electron chi connectivity index (χ3n) is 6.56. The molecule has 1 fully saturated rings. The van der Waals surface area contributed by atoms with E-state index in [0.29, 0.717) is 0 Å². The molecule has 0 saturated carbocycles. The molecule has 40 heavy (non-hydrogen) atoms. The van der Waals surface area contributed by atoms with Crippen LogP contribution in [0.2, 0.25) is 0 Å². The molecule has 1 aromatic rings. The fourth-order valence-corrected chi connectivity index (χ4v) is 4.47. The SMILES string of the molecule is CCC/C=C/[C@@H]1CC(=O)N[C@H](Cc2ccccc2)C(=O)N[C@H](CC)C(=O)N[C@H](C(C)C)[C@@H](OC(C)=O)CC(=O)O1. The van der Waals surface area contributed by atoms with E-state index in [1.807, 2.05) is 57.2 Å². The van der Waals surface area contributed by atoms with Crippen molar-refractivity contribution in [3.05, 3.63) is 48.0 Å². The largest absolute Gasteiger partial charge is 0.460 e. The Balaban J connectivity index is 2.47. The lowest BCUT2D eigenvalue weighted by Crippen LogP contribution is -2.57. The van der Waals surface area contributed by atoms with E-state index in [4.69, 9.17) is 9.47 Å². The smallest absolute Gasteiger partial charge is 0.310 e. The summed E-state index contributed by atoms with van der Waals surface area (Å²) in [5, 5.41) is 8.40. The van der Waals surface area contributed by atoms with Gasteiger partial charge in [-0.05, 0) is 30.4 Å². The Labute approximate surface area is 236 Å². The van der Waals surface area contributed by atoms with Gasteiger partial charge in [-0.2, -0.15) is 0 Å². The second-order valence-corrected chi connectivity index (χ2v) is 10.4. The Bertz CT molecular complexity index is 1040. The summed E-state index contributed by atoms with van der Waals surface area (Å²) in [4.78, 5) is 64.8. The number of esters is 2. The van der Waals surface area contributed by atoms with Crippen LogP contribution in [0.4, 0.5) is 0 Å². The summed E-state index contributed by atoms with van der Waals surface area (Å²) in [5.74, 6) is -3.00. The number of benzene rings is 1. The molecule has 0 aliphatic carbocycles. The molecule has 1 aromatic carbocycles. The van der Waals surface area contributed by atoms with Gasteiger partial charge in [-0.1, -0.05) is 70.5 Å². The fraction of sp³-hybridized carbons (Fsp3) is 0.567. The van der Waals surface area contributed by atoms with Gasteiger partial charge >= 0.3 is 11.9 Å². The zero-order chi connectivity index (χ0) is 29.7. The van der Waals surface area contributed by atoms with Gasteiger partial charge in [0.15, 0.2) is 0 Å². The van der Waals surface area contributed by atoms with Gasteiger partial charge in [-0.25, -0.2) is 0 Å². The van der Waals surface area contributed by atoms with Crippen molar-refractivity contribution < 1.29 is 33.4 Å². The molecule has 1 aliphatic heterocycles. The maximum atomic E-state index is 13.4. The number of hydrogen-bond acceptors (Lipinski definition) is 7. The topological polar surface area (TPSA) is 140 Å². The minimum absolute atomic E-state index is 0.204. The van der Waals surface area contributed by atoms with E-state index >= 15 is 0 Å². The molecule has 3 N–H and O–H groups in total. The fourth-order valence-electron chi connectivity index (χ4n) is 4.47. The van der Waals surface area contributed by atoms with E-state index < -0.39 is 60.0 Å². The standard InChI is InChI=1S/C30H43N3O7/c1-6-8-10-15-22-17-26(35)31-24(16-21-13-11-9-12-14-21)30(38)32-23(7-2)29(37)33-28(19(3)4)25(39-20(5)34)18-27(36)40-22/h9-15,19,22-25,28H,6-8,16-18H2,1-5H3,(H,31,35)(H,32,38)(H,33,37)/b15-10+/t22-,23-,24-,25+,28-/m1/s1. The summed E-state index contributed by atoms with van der Waals surface area (Å²) >= 11 is 0. The summed E-state index contributed by atoms with van der Waals surface area (Å²) in [7, 11) is 0. The number of hydrogen-bond donors (Lipinski definition) is 3. The van der Waals surface area contributed by atoms with E-state index in [9.17, 15) is 24.0 Å². The van der Waals surface area contributed by atoms with E-state index in [1.54, 1.807) is 13.0 Å². The van der Waals surface area contributed by atoms with Gasteiger partial charge in [0, 0.05) is 13.3 Å². The van der Waals surface area contributed by atoms with Gasteiger partial charge in [-0.3, -0.25) is 24.0 Å². The molecule has 0 unspecified atom stereocenters. The monoisotopic (exact) mass is 557 g/mol. The molecule has 0 radical (unpaired) electrons. The number of cyclic esters (lactones) is 1. The first-order valence-corrected chi connectivity index (χ1v) is 14.0. The molecule has 10 heteroatoms. The molecule has 1 saturated heterocycles. The maximum absolute atomic E-state index is 13.4. The Hall–Kier alpha value is -3.69. The summed E-state index contributed by atoms with van der Waals surface area (Å²) in [6.07, 6.45) is 3.14. The number of carbonyl (C=O) groups excluding carboxylic acids is 5. The highest BCUT2D eigenvalue weighted by molar-refractivity contribution is 5.92. The number of carbonyl (C=O) groups is 5. The van der Waals surface area contributed by atoms with E-state index in [1.165, 1.54) is 6.92 Å². The Morgan fingerprint density at radius 3 is 2.27 bits per heavy atom. The minimum Gasteiger partial charge on any atom is -0.460 e. The van der Waals surface area contributed by atoms with Crippen molar-refractivity contribution in [1.82, 2.24) is 16.0 Å². The van der Waals surface area contributed by atoms with Crippen molar-refractivity contribution in [2.45, 2.75) is 103 Å². The molecule has 2 rings (SSSR count). The zero-order valence-electron chi connectivity index (χ0n) is 24.1. The molecule has 0 aromatic heterocycles. The molecule has 3 amide bonds. The summed E-state index contributed by atoms with van der Waals surface area (Å²) in [6.45, 7) is 8.63. The van der Waals surface area contributed by atoms with Crippen molar-refractivity contribution in [3.8, 4) is 0 Å². The van der Waals surface area contributed by atoms with Crippen LogP contribution in [0.25, 0.3) is 0 Å². The highest BCUT2D eigenvalue weighted by Crippen LogP contribution is 2.17. The number of rotatable bonds is 8. The van der Waals surface area contributed by atoms with Crippen LogP contribution in [0.5, 0.6) is 0 Å². The van der Waals surface area contributed by atoms with Crippen molar-refractivity contribution in [1.29, 1.82) is 0 Å². The molecular weight excluding hydrogens is 514 g/mol. The predicted octanol–water partition coefficient (Wildman–Crippen LogP) is 2.74. The lowest BCUT2D eigenvalue weighted by Gasteiger charge is -2.31. The van der Waals surface area contributed by atoms with Gasteiger partial charge in [-0.15, -0.1) is 0 Å². The number of nitrogens with one attached hydrogen (secondary N) is 3. The quantitative estimate of drug-likeness (QED) is 0.330. The van der Waals surface area contributed by atoms with Crippen molar-refractivity contribution in [3.63, 3.8) is 0 Å². The van der Waals surface area contributed by atoms with Crippen LogP contribution in [0, 0.1) is 5.92 Å². The Morgan fingerprint density at radius 1 is 1.00 bits per heavy atom. The average molecular weight is 558 g/mol. The van der Waals surface area contributed by atoms with Crippen LogP contribution < -0.4 is 16.0 Å². The van der Waals surface area contributed by atoms with Crippen molar-refractivity contribution >= 4 is 29.7 Å². The molecule has 10 nitrogen and oxygen atoms in total. The number of allylic oxidation sites excluding steroid dienone is 1. The zero-order valence-corrected chi connectivity index (χ0v) is 24.1. The third-order valence-corrected chi connectivity index (χ3v) is 6.56. The lowest BCUT2D eigenvalue weighted by molar-refractivity contribution is -0.158. The molecule has 1 aliphatic rings. The van der Waals surface area contributed by atoms with Crippen molar-refractivity contribution in [2.75, 3.05) is 0 Å². The van der Waals surface area contributed by atoms with Crippen LogP contribution in [-0.4, -0.2) is 60.0 Å². The van der Waals surface area contributed by atoms with E-state index in [-0.39, 0.29) is 31.6 Å². The number of unbranched alkanes of at least 4 members (excludes halogenated alkanes) is 1. The van der Waals surface area contributed by atoms with Crippen LogP contribution in [0.15, 0.2) is 42.5 Å². The number of ether oxygens (including phenoxy) is 2. The normalized spacial score (nSPS) is 25.3. The highest BCUT2D eigenvalue weighted by Gasteiger charge is 2.35. The maximum Gasteiger partial charge on any atom is 0.310 e. The molecule has 5 atom stereocenters. The van der Waals surface area contributed by atoms with Crippen LogP contribution in [-0.2, 0) is 39.9 Å². The highest BCUT2D eigenvalue weighted by atomic mass is 16.6. The van der Waals surface area contributed by atoms with Crippen LogP contribution in [0.1, 0.15) is 72.3 Å². The van der Waals surface area contributed by atoms with Gasteiger partial charge in [0.25, 0.3) is 0 Å². The minimum atomic E-state index is -1.01. The van der Waals surface area contributed by atoms with Crippen LogP contribution >= 0.6 is 0 Å². The predicted molar refractivity (Wildman–Crippen MR) is 150 cm³/mol. The molecule has 1 heterocycles. The average Bonchev–Trinajstić information content (AvgIpc) is 2.89. The Kier molecular flexibility index (Phi) is 13.4. The van der Waals surface area contributed by atoms with Gasteiger partial charge in [0.1, 0.15) is 24.3 Å². The van der Waals surface area contributed by atoms with Crippen molar-refractivity contribution in [2.24, 2.45) is 5.92 Å². The first kappa shape index (κ1) is 32.5. The molecular formula is C30H43N3O7. The van der Waals surface area contributed by atoms with Gasteiger partial charge < -0.3 is 25.4 Å². The molecule has 0 spiro atoms. The van der Waals surface area contributed by atoms with Gasteiger partial charge in [0.2, 0.25) is 17.7 Å². The third kappa shape index (κ3) is 10.8. The van der Waals surface area contributed by atoms with E-state index in [0.717, 1.165) is 18.4 Å². The summed E-state index contributed by atoms with van der Waals surface area (Å²) < 4.78 is 11.1. The van der Waals surface area contributed by atoms with Crippen LogP contribution in [0.3, 0.4) is 0 Å². The first-order chi connectivity index (χ1) is 19.0. The number of amides is 3. The Morgan fingerprint density at radius 2 is 1.68 bits per heavy atom. The van der Waals surface area contributed by atoms with E-state index in [2.05, 4.69) is 16.0 Å². The second kappa shape index (κ2) is 16.4. The molecule has 220 valence electrons. The second-order valence-electron chi connectivity index (χ2n) is 10.4. The first-order valence-electron chi connectivity index (χ1n) is 14.0. The molecule has 0 bridgehead atoms.